The van der Waals surface area contributed by atoms with Crippen molar-refractivity contribution in [3.8, 4) is 22.6 Å². The predicted molar refractivity (Wildman–Crippen MR) is 294 cm³/mol. The minimum absolute atomic E-state index is 0.149. The van der Waals surface area contributed by atoms with E-state index in [0.717, 1.165) is 42.3 Å². The van der Waals surface area contributed by atoms with Gasteiger partial charge in [0.15, 0.2) is 0 Å². The van der Waals surface area contributed by atoms with Gasteiger partial charge in [0.1, 0.15) is 35.8 Å². The minimum Gasteiger partial charge on any atom is -0.490 e. The molecular formula is C57H76Br2O18. The lowest BCUT2D eigenvalue weighted by Crippen LogP contribution is -2.30. The van der Waals surface area contributed by atoms with E-state index < -0.39 is 17.4 Å². The standard InChI is InChI=1S/C57H76Br2O18/c1-5-74-55(60)49-39-43(7-13-53(49)76-37-35-72-33-31-70-29-27-68-25-23-66-21-19-64-17-15-62-3)57(51-41-45(58)9-11-47(51)48-12-10-46(59)42-52(48)57)44-8-14-54(50(40-44)56(61)75-6-2)77-38-36-73-34-32-71-30-28-69-26-24-67-22-20-65-18-16-63-4/h7-14,39-42H,5-6,15-38H2,1-4H3. The Bertz CT molecular complexity index is 2160. The second-order valence-electron chi connectivity index (χ2n) is 16.8. The van der Waals surface area contributed by atoms with E-state index in [0.29, 0.717) is 144 Å². The lowest BCUT2D eigenvalue weighted by Gasteiger charge is -2.35. The fourth-order valence-electron chi connectivity index (χ4n) is 8.24. The van der Waals surface area contributed by atoms with Crippen LogP contribution in [0.3, 0.4) is 0 Å². The summed E-state index contributed by atoms with van der Waals surface area (Å²) in [5, 5.41) is 0. The summed E-state index contributed by atoms with van der Waals surface area (Å²) in [6.45, 7) is 13.8. The summed E-state index contributed by atoms with van der Waals surface area (Å²) in [5.41, 5.74) is 4.65. The van der Waals surface area contributed by atoms with Crippen molar-refractivity contribution in [2.75, 3.05) is 186 Å². The zero-order valence-electron chi connectivity index (χ0n) is 44.9. The molecule has 0 spiro atoms. The van der Waals surface area contributed by atoms with Gasteiger partial charge in [0.05, 0.1) is 164 Å². The third-order valence-electron chi connectivity index (χ3n) is 11.7. The summed E-state index contributed by atoms with van der Waals surface area (Å²) in [6.07, 6.45) is 0. The number of carbonyl (C=O) groups excluding carboxylic acids is 2. The molecule has 0 unspecified atom stereocenters. The summed E-state index contributed by atoms with van der Waals surface area (Å²) >= 11 is 7.51. The van der Waals surface area contributed by atoms with Crippen molar-refractivity contribution < 1.29 is 85.4 Å². The van der Waals surface area contributed by atoms with Gasteiger partial charge in [-0.2, -0.15) is 0 Å². The molecule has 20 heteroatoms. The number of fused-ring (bicyclic) bond motifs is 3. The first kappa shape index (κ1) is 63.7. The monoisotopic (exact) mass is 1210 g/mol. The molecule has 0 aromatic heterocycles. The van der Waals surface area contributed by atoms with Crippen molar-refractivity contribution >= 4 is 43.8 Å². The fraction of sp³-hybridized carbons (Fsp3) is 0.544. The third kappa shape index (κ3) is 20.8. The Morgan fingerprint density at radius 3 is 0.948 bits per heavy atom. The molecule has 4 aromatic rings. The Labute approximate surface area is 470 Å². The molecular weight excluding hydrogens is 1130 g/mol. The van der Waals surface area contributed by atoms with Gasteiger partial charge in [0, 0.05) is 23.2 Å². The highest BCUT2D eigenvalue weighted by molar-refractivity contribution is 9.10. The zero-order valence-corrected chi connectivity index (χ0v) is 48.1. The number of hydrogen-bond acceptors (Lipinski definition) is 18. The second-order valence-corrected chi connectivity index (χ2v) is 18.6. The smallest absolute Gasteiger partial charge is 0.341 e. The molecule has 77 heavy (non-hydrogen) atoms. The molecule has 1 aliphatic carbocycles. The van der Waals surface area contributed by atoms with Crippen LogP contribution in [0.15, 0.2) is 81.7 Å². The summed E-state index contributed by atoms with van der Waals surface area (Å²) < 4.78 is 91.0. The van der Waals surface area contributed by atoms with Gasteiger partial charge in [-0.15, -0.1) is 0 Å². The molecule has 0 radical (unpaired) electrons. The van der Waals surface area contributed by atoms with E-state index in [9.17, 15) is 9.59 Å². The topological polar surface area (TPSA) is 182 Å². The van der Waals surface area contributed by atoms with Crippen LogP contribution < -0.4 is 9.47 Å². The van der Waals surface area contributed by atoms with Crippen LogP contribution in [0.25, 0.3) is 11.1 Å². The fourth-order valence-corrected chi connectivity index (χ4v) is 8.96. The van der Waals surface area contributed by atoms with Crippen LogP contribution in [0.2, 0.25) is 0 Å². The van der Waals surface area contributed by atoms with Crippen molar-refractivity contribution in [1.29, 1.82) is 0 Å². The van der Waals surface area contributed by atoms with Gasteiger partial charge >= 0.3 is 11.9 Å². The molecule has 0 saturated heterocycles. The number of rotatable bonds is 44. The lowest BCUT2D eigenvalue weighted by molar-refractivity contribution is -0.0159. The molecule has 0 fully saturated rings. The summed E-state index contributed by atoms with van der Waals surface area (Å²) in [6, 6.07) is 23.4. The predicted octanol–water partition coefficient (Wildman–Crippen LogP) is 8.14. The zero-order chi connectivity index (χ0) is 54.8. The molecule has 0 aliphatic heterocycles. The molecule has 4 aromatic carbocycles. The third-order valence-corrected chi connectivity index (χ3v) is 12.7. The summed E-state index contributed by atoms with van der Waals surface area (Å²) in [5.74, 6) is -0.444. The van der Waals surface area contributed by atoms with Crippen LogP contribution >= 0.6 is 31.9 Å². The molecule has 0 atom stereocenters. The van der Waals surface area contributed by atoms with Gasteiger partial charge in [-0.05, 0) is 95.8 Å². The highest BCUT2D eigenvalue weighted by Gasteiger charge is 2.47. The van der Waals surface area contributed by atoms with E-state index in [1.54, 1.807) is 40.2 Å². The highest BCUT2D eigenvalue weighted by Crippen LogP contribution is 2.58. The number of ether oxygens (including phenoxy) is 16. The second kappa shape index (κ2) is 37.7. The number of hydrogen-bond donors (Lipinski definition) is 0. The maximum Gasteiger partial charge on any atom is 0.341 e. The van der Waals surface area contributed by atoms with E-state index >= 15 is 0 Å². The van der Waals surface area contributed by atoms with Gasteiger partial charge in [0.2, 0.25) is 0 Å². The average Bonchev–Trinajstić information content (AvgIpc) is 3.92. The lowest BCUT2D eigenvalue weighted by atomic mass is 9.67. The first-order valence-corrected chi connectivity index (χ1v) is 27.6. The Morgan fingerprint density at radius 2 is 0.662 bits per heavy atom. The van der Waals surface area contributed by atoms with Crippen LogP contribution in [-0.2, 0) is 71.7 Å². The van der Waals surface area contributed by atoms with Crippen LogP contribution in [0.5, 0.6) is 11.5 Å². The number of halogens is 2. The number of esters is 2. The van der Waals surface area contributed by atoms with Gasteiger partial charge in [-0.3, -0.25) is 0 Å². The van der Waals surface area contributed by atoms with E-state index in [1.807, 2.05) is 36.4 Å². The van der Waals surface area contributed by atoms with Crippen molar-refractivity contribution in [2.45, 2.75) is 19.3 Å². The van der Waals surface area contributed by atoms with Gasteiger partial charge in [-0.1, -0.05) is 56.1 Å². The molecule has 18 nitrogen and oxygen atoms in total. The summed E-state index contributed by atoms with van der Waals surface area (Å²) in [7, 11) is 3.27. The van der Waals surface area contributed by atoms with E-state index in [1.165, 1.54) is 0 Å². The Morgan fingerprint density at radius 1 is 0.377 bits per heavy atom. The number of methoxy groups -OCH3 is 2. The molecule has 0 saturated carbocycles. The van der Waals surface area contributed by atoms with Crippen molar-refractivity contribution in [3.63, 3.8) is 0 Å². The molecule has 0 N–H and O–H groups in total. The molecule has 0 heterocycles. The van der Waals surface area contributed by atoms with Crippen LogP contribution in [0.1, 0.15) is 56.8 Å². The highest BCUT2D eigenvalue weighted by atomic mass is 79.9. The quantitative estimate of drug-likeness (QED) is 0.0269. The van der Waals surface area contributed by atoms with Crippen LogP contribution in [-0.4, -0.2) is 198 Å². The van der Waals surface area contributed by atoms with E-state index in [-0.39, 0.29) is 50.8 Å². The Balaban J connectivity index is 1.24. The molecule has 1 aliphatic rings. The van der Waals surface area contributed by atoms with Crippen molar-refractivity contribution in [1.82, 2.24) is 0 Å². The number of benzene rings is 4. The molecule has 5 rings (SSSR count). The van der Waals surface area contributed by atoms with Crippen LogP contribution in [0, 0.1) is 0 Å². The maximum absolute atomic E-state index is 13.9. The van der Waals surface area contributed by atoms with Gasteiger partial charge in [-0.25, -0.2) is 9.59 Å². The van der Waals surface area contributed by atoms with E-state index in [2.05, 4.69) is 56.1 Å². The minimum atomic E-state index is -1.08. The molecule has 0 amide bonds. The van der Waals surface area contributed by atoms with Gasteiger partial charge in [0.25, 0.3) is 0 Å². The van der Waals surface area contributed by atoms with Crippen LogP contribution in [0.4, 0.5) is 0 Å². The molecule has 0 bridgehead atoms. The van der Waals surface area contributed by atoms with Crippen molar-refractivity contribution in [3.05, 3.63) is 115 Å². The van der Waals surface area contributed by atoms with Gasteiger partial charge < -0.3 is 75.8 Å². The average molecular weight is 1210 g/mol. The SMILES string of the molecule is CCOC(=O)c1cc(C2(c3ccc(OCCOCCOCCOCCOCCOCCOC)c(C(=O)OCC)c3)c3cc(Br)ccc3-c3ccc(Br)cc32)ccc1OCCOCCOCCOCCOCCOCCOC. The largest absolute Gasteiger partial charge is 0.490 e. The van der Waals surface area contributed by atoms with Crippen molar-refractivity contribution in [2.24, 2.45) is 0 Å². The summed E-state index contributed by atoms with van der Waals surface area (Å²) in [4.78, 5) is 27.9. The Hall–Kier alpha value is -4.10. The Kier molecular flexibility index (Phi) is 31.2. The first-order chi connectivity index (χ1) is 37.8. The van der Waals surface area contributed by atoms with E-state index in [4.69, 9.17) is 75.8 Å². The first-order valence-electron chi connectivity index (χ1n) is 26.0. The number of carbonyl (C=O) groups is 2. The maximum atomic E-state index is 13.9. The molecule has 426 valence electrons. The normalized spacial score (nSPS) is 12.4.